The second-order valence-electron chi connectivity index (χ2n) is 8.23. The number of nitrogens with two attached hydrogens (primary N) is 2. The van der Waals surface area contributed by atoms with Gasteiger partial charge in [-0.3, -0.25) is 19.2 Å². The lowest BCUT2D eigenvalue weighted by atomic mass is 10.0. The number of nitrogens with one attached hydrogen (secondary N) is 4. The van der Waals surface area contributed by atoms with Gasteiger partial charge in [0.25, 0.3) is 0 Å². The van der Waals surface area contributed by atoms with Crippen LogP contribution in [0, 0.1) is 5.92 Å². The molecule has 0 saturated heterocycles. The molecule has 190 valence electrons. The third-order valence-corrected chi connectivity index (χ3v) is 4.78. The van der Waals surface area contributed by atoms with E-state index in [0.29, 0.717) is 5.69 Å². The maximum atomic E-state index is 12.8. The Morgan fingerprint density at radius 1 is 1.03 bits per heavy atom. The first kappa shape index (κ1) is 28.5. The fourth-order valence-electron chi connectivity index (χ4n) is 2.99. The average Bonchev–Trinajstić information content (AvgIpc) is 3.26. The van der Waals surface area contributed by atoms with Gasteiger partial charge in [0, 0.05) is 24.7 Å². The zero-order valence-corrected chi connectivity index (χ0v) is 19.1. The number of hydrogen-bond acceptors (Lipinski definition) is 8. The first-order valence-corrected chi connectivity index (χ1v) is 10.7. The van der Waals surface area contributed by atoms with Gasteiger partial charge in [0.1, 0.15) is 18.1 Å². The molecule has 1 heterocycles. The van der Waals surface area contributed by atoms with Crippen molar-refractivity contribution in [3.8, 4) is 0 Å². The van der Waals surface area contributed by atoms with Crippen LogP contribution >= 0.6 is 0 Å². The molecule has 0 aliphatic carbocycles. The first-order chi connectivity index (χ1) is 15.9. The number of aromatic nitrogens is 2. The second kappa shape index (κ2) is 13.9. The molecule has 0 bridgehead atoms. The molecular weight excluding hydrogens is 450 g/mol. The number of carbonyl (C=O) groups excluding carboxylic acids is 4. The number of carboxylic acid groups (broad SMARTS) is 1. The summed E-state index contributed by atoms with van der Waals surface area (Å²) in [5.74, 6) is -4.52. The average molecular weight is 484 g/mol. The number of carbonyl (C=O) groups is 5. The normalized spacial score (nSPS) is 14.5. The molecular formula is C20H33N7O7. The summed E-state index contributed by atoms with van der Waals surface area (Å²) >= 11 is 0. The monoisotopic (exact) mass is 483 g/mol. The van der Waals surface area contributed by atoms with Crippen molar-refractivity contribution < 1.29 is 34.2 Å². The highest BCUT2D eigenvalue weighted by atomic mass is 16.4. The van der Waals surface area contributed by atoms with Gasteiger partial charge in [0.15, 0.2) is 0 Å². The van der Waals surface area contributed by atoms with Crippen LogP contribution < -0.4 is 27.4 Å². The van der Waals surface area contributed by atoms with Crippen LogP contribution in [0.2, 0.25) is 0 Å². The Kier molecular flexibility index (Phi) is 11.7. The third-order valence-electron chi connectivity index (χ3n) is 4.78. The van der Waals surface area contributed by atoms with Crippen LogP contribution in [0.4, 0.5) is 0 Å². The zero-order chi connectivity index (χ0) is 25.8. The molecule has 0 radical (unpaired) electrons. The smallest absolute Gasteiger partial charge is 0.326 e. The Morgan fingerprint density at radius 3 is 2.12 bits per heavy atom. The molecule has 1 aromatic heterocycles. The molecule has 4 atom stereocenters. The van der Waals surface area contributed by atoms with Gasteiger partial charge < -0.3 is 42.6 Å². The molecule has 4 unspecified atom stereocenters. The van der Waals surface area contributed by atoms with Crippen molar-refractivity contribution in [1.29, 1.82) is 0 Å². The minimum absolute atomic E-state index is 0.0390. The van der Waals surface area contributed by atoms with Gasteiger partial charge in [-0.05, 0) is 18.8 Å². The van der Waals surface area contributed by atoms with Crippen molar-refractivity contribution in [2.45, 2.75) is 63.7 Å². The summed E-state index contributed by atoms with van der Waals surface area (Å²) in [6.07, 6.45) is 2.70. The fraction of sp³-hybridized carbons (Fsp3) is 0.600. The molecule has 0 spiro atoms. The number of primary amides is 1. The van der Waals surface area contributed by atoms with Crippen LogP contribution in [0.1, 0.15) is 38.8 Å². The predicted octanol–water partition coefficient (Wildman–Crippen LogP) is -2.88. The molecule has 14 nitrogen and oxygen atoms in total. The third kappa shape index (κ3) is 9.95. The van der Waals surface area contributed by atoms with Gasteiger partial charge in [-0.2, -0.15) is 0 Å². The number of aromatic amines is 1. The summed E-state index contributed by atoms with van der Waals surface area (Å²) in [6.45, 7) is 2.72. The van der Waals surface area contributed by atoms with E-state index in [9.17, 15) is 34.2 Å². The quantitative estimate of drug-likeness (QED) is 0.127. The van der Waals surface area contributed by atoms with E-state index in [-0.39, 0.29) is 31.6 Å². The van der Waals surface area contributed by atoms with Crippen molar-refractivity contribution in [1.82, 2.24) is 25.9 Å². The number of imidazole rings is 1. The summed E-state index contributed by atoms with van der Waals surface area (Å²) in [5, 5.41) is 25.8. The van der Waals surface area contributed by atoms with Crippen molar-refractivity contribution >= 4 is 29.6 Å². The number of aliphatic hydroxyl groups is 1. The zero-order valence-electron chi connectivity index (χ0n) is 19.1. The number of H-pyrrole nitrogens is 1. The number of rotatable bonds is 15. The maximum absolute atomic E-state index is 12.8. The van der Waals surface area contributed by atoms with Gasteiger partial charge >= 0.3 is 5.97 Å². The summed E-state index contributed by atoms with van der Waals surface area (Å²) in [6, 6.07) is -5.05. The molecule has 14 heteroatoms. The van der Waals surface area contributed by atoms with Gasteiger partial charge in [0.05, 0.1) is 19.0 Å². The summed E-state index contributed by atoms with van der Waals surface area (Å²) in [7, 11) is 0. The predicted molar refractivity (Wildman–Crippen MR) is 119 cm³/mol. The van der Waals surface area contributed by atoms with Crippen molar-refractivity contribution in [2.75, 3.05) is 6.61 Å². The Balaban J connectivity index is 2.85. The van der Waals surface area contributed by atoms with Crippen LogP contribution in [0.15, 0.2) is 12.5 Å². The lowest BCUT2D eigenvalue weighted by Crippen LogP contribution is -2.58. The van der Waals surface area contributed by atoms with E-state index in [1.54, 1.807) is 13.8 Å². The van der Waals surface area contributed by atoms with Crippen LogP contribution in [-0.4, -0.2) is 80.6 Å². The number of nitrogens with zero attached hydrogens (tertiary/aromatic N) is 1. The molecule has 1 rings (SSSR count). The van der Waals surface area contributed by atoms with Crippen LogP contribution in [0.25, 0.3) is 0 Å². The van der Waals surface area contributed by atoms with Crippen LogP contribution in [0.5, 0.6) is 0 Å². The number of hydrogen-bond donors (Lipinski definition) is 8. The molecule has 34 heavy (non-hydrogen) atoms. The summed E-state index contributed by atoms with van der Waals surface area (Å²) in [4.78, 5) is 66.9. The van der Waals surface area contributed by atoms with E-state index < -0.39 is 60.4 Å². The molecule has 1 aromatic rings. The van der Waals surface area contributed by atoms with E-state index in [1.807, 2.05) is 0 Å². The van der Waals surface area contributed by atoms with E-state index in [1.165, 1.54) is 12.5 Å². The van der Waals surface area contributed by atoms with Gasteiger partial charge in [-0.15, -0.1) is 0 Å². The van der Waals surface area contributed by atoms with Crippen molar-refractivity contribution in [3.05, 3.63) is 18.2 Å². The number of amides is 4. The number of aliphatic carboxylic acids is 1. The fourth-order valence-corrected chi connectivity index (χ4v) is 2.99. The molecule has 0 aliphatic heterocycles. The highest BCUT2D eigenvalue weighted by Crippen LogP contribution is 2.06. The minimum Gasteiger partial charge on any atom is -0.480 e. The van der Waals surface area contributed by atoms with Crippen molar-refractivity contribution in [2.24, 2.45) is 17.4 Å². The Labute approximate surface area is 196 Å². The highest BCUT2D eigenvalue weighted by Gasteiger charge is 2.30. The Bertz CT molecular complexity index is 844. The molecule has 4 amide bonds. The van der Waals surface area contributed by atoms with E-state index >= 15 is 0 Å². The highest BCUT2D eigenvalue weighted by molar-refractivity contribution is 5.94. The van der Waals surface area contributed by atoms with Gasteiger partial charge in [0.2, 0.25) is 23.6 Å². The van der Waals surface area contributed by atoms with Crippen molar-refractivity contribution in [3.63, 3.8) is 0 Å². The van der Waals surface area contributed by atoms with Gasteiger partial charge in [-0.1, -0.05) is 13.8 Å². The second-order valence-corrected chi connectivity index (χ2v) is 8.23. The molecule has 0 aliphatic rings. The summed E-state index contributed by atoms with van der Waals surface area (Å²) in [5.41, 5.74) is 11.6. The molecule has 0 aromatic carbocycles. The Hall–Kier alpha value is -3.52. The largest absolute Gasteiger partial charge is 0.480 e. The summed E-state index contributed by atoms with van der Waals surface area (Å²) < 4.78 is 0. The van der Waals surface area contributed by atoms with E-state index in [0.717, 1.165) is 0 Å². The standard InChI is InChI=1S/C20H33N7O7/c1-10(2)5-14(20(33)34)26-19(32)15(8-28)27-18(31)13(3-4-16(22)29)25-17(30)12(21)6-11-7-23-9-24-11/h7,9-10,12-15,28H,3-6,8,21H2,1-2H3,(H2,22,29)(H,23,24)(H,25,30)(H,26,32)(H,27,31)(H,33,34). The minimum atomic E-state index is -1.49. The first-order valence-electron chi connectivity index (χ1n) is 10.7. The molecule has 0 saturated carbocycles. The molecule has 10 N–H and O–H groups in total. The van der Waals surface area contributed by atoms with Crippen LogP contribution in [0.3, 0.4) is 0 Å². The lowest BCUT2D eigenvalue weighted by Gasteiger charge is -2.24. The van der Waals surface area contributed by atoms with E-state index in [4.69, 9.17) is 11.5 Å². The lowest BCUT2D eigenvalue weighted by molar-refractivity contribution is -0.143. The topological polar surface area (TPSA) is 243 Å². The SMILES string of the molecule is CC(C)CC(NC(=O)C(CO)NC(=O)C(CCC(N)=O)NC(=O)C(N)Cc1cnc[nH]1)C(=O)O. The maximum Gasteiger partial charge on any atom is 0.326 e. The Morgan fingerprint density at radius 2 is 1.62 bits per heavy atom. The number of carboxylic acids is 1. The molecule has 0 fully saturated rings. The van der Waals surface area contributed by atoms with Gasteiger partial charge in [-0.25, -0.2) is 9.78 Å². The van der Waals surface area contributed by atoms with Crippen LogP contribution in [-0.2, 0) is 30.4 Å². The van der Waals surface area contributed by atoms with E-state index in [2.05, 4.69) is 25.9 Å². The number of aliphatic hydroxyl groups excluding tert-OH is 1.